The summed E-state index contributed by atoms with van der Waals surface area (Å²) in [6, 6.07) is 8.83. The lowest BCUT2D eigenvalue weighted by Gasteiger charge is -2.16. The maximum Gasteiger partial charge on any atom is 0.257 e. The smallest absolute Gasteiger partial charge is 0.257 e. The number of hydrogen-bond acceptors (Lipinski definition) is 5. The van der Waals surface area contributed by atoms with E-state index in [1.807, 2.05) is 25.1 Å². The lowest BCUT2D eigenvalue weighted by Crippen LogP contribution is -2.40. The van der Waals surface area contributed by atoms with Crippen LogP contribution in [0.1, 0.15) is 26.2 Å². The highest BCUT2D eigenvalue weighted by Crippen LogP contribution is 2.12. The molecule has 7 nitrogen and oxygen atoms in total. The average molecular weight is 350 g/mol. The van der Waals surface area contributed by atoms with Crippen LogP contribution in [0.25, 0.3) is 0 Å². The zero-order chi connectivity index (χ0) is 18.1. The summed E-state index contributed by atoms with van der Waals surface area (Å²) in [5, 5.41) is 15.1. The first-order chi connectivity index (χ1) is 12.0. The van der Waals surface area contributed by atoms with Gasteiger partial charge in [0.25, 0.3) is 5.91 Å². The number of aliphatic hydroxyl groups is 1. The predicted molar refractivity (Wildman–Crippen MR) is 91.9 cm³/mol. The Morgan fingerprint density at radius 2 is 2.08 bits per heavy atom. The molecule has 1 aromatic carbocycles. The molecule has 0 radical (unpaired) electrons. The van der Waals surface area contributed by atoms with Crippen molar-refractivity contribution in [2.75, 3.05) is 19.8 Å². The minimum absolute atomic E-state index is 0.0310. The molecule has 3 N–H and O–H groups in total. The highest BCUT2D eigenvalue weighted by atomic mass is 16.6. The summed E-state index contributed by atoms with van der Waals surface area (Å²) in [5.74, 6) is 0.517. The third-order valence-corrected chi connectivity index (χ3v) is 4.03. The van der Waals surface area contributed by atoms with E-state index in [1.54, 1.807) is 12.1 Å². The van der Waals surface area contributed by atoms with Crippen LogP contribution in [0.3, 0.4) is 0 Å². The van der Waals surface area contributed by atoms with Gasteiger partial charge in [-0.25, -0.2) is 0 Å². The molecule has 1 fully saturated rings. The Hall–Kier alpha value is -2.12. The number of nitrogens with one attached hydrogen (secondary N) is 2. The molecule has 0 aliphatic carbocycles. The number of carbonyl (C=O) groups excluding carboxylic acids is 2. The topological polar surface area (TPSA) is 96.9 Å². The van der Waals surface area contributed by atoms with Gasteiger partial charge < -0.3 is 25.2 Å². The molecule has 0 bridgehead atoms. The van der Waals surface area contributed by atoms with E-state index in [9.17, 15) is 14.7 Å². The molecule has 2 amide bonds. The summed E-state index contributed by atoms with van der Waals surface area (Å²) in [5.41, 5.74) is 0. The zero-order valence-corrected chi connectivity index (χ0v) is 14.4. The van der Waals surface area contributed by atoms with Crippen LogP contribution in [0.5, 0.6) is 5.75 Å². The lowest BCUT2D eigenvalue weighted by atomic mass is 10.1. The molecule has 7 heteroatoms. The maximum absolute atomic E-state index is 11.9. The van der Waals surface area contributed by atoms with Crippen molar-refractivity contribution in [1.82, 2.24) is 10.6 Å². The van der Waals surface area contributed by atoms with E-state index in [1.165, 1.54) is 0 Å². The van der Waals surface area contributed by atoms with Crippen molar-refractivity contribution in [2.24, 2.45) is 5.92 Å². The van der Waals surface area contributed by atoms with Crippen LogP contribution in [0, 0.1) is 5.92 Å². The standard InChI is InChI=1S/C18H26N2O5/c1-13(7-8-16(21)20-15-9-10-24-18(15)23)11-19-17(22)12-25-14-5-3-2-4-6-14/h2-6,13,15,18,23H,7-12H2,1H3,(H,19,22)(H,20,21)/t13-,15-,18?/m0/s1. The third kappa shape index (κ3) is 7.11. The van der Waals surface area contributed by atoms with E-state index < -0.39 is 6.29 Å². The summed E-state index contributed by atoms with van der Waals surface area (Å²) in [6.45, 7) is 2.88. The molecular weight excluding hydrogens is 324 g/mol. The molecule has 1 aliphatic heterocycles. The number of rotatable bonds is 9. The molecule has 1 aromatic rings. The van der Waals surface area contributed by atoms with E-state index in [2.05, 4.69) is 10.6 Å². The second-order valence-electron chi connectivity index (χ2n) is 6.27. The molecule has 0 saturated carbocycles. The molecular formula is C18H26N2O5. The first-order valence-electron chi connectivity index (χ1n) is 8.58. The second-order valence-corrected chi connectivity index (χ2v) is 6.27. The molecule has 1 heterocycles. The summed E-state index contributed by atoms with van der Waals surface area (Å²) in [7, 11) is 0. The monoisotopic (exact) mass is 350 g/mol. The van der Waals surface area contributed by atoms with Crippen LogP contribution >= 0.6 is 0 Å². The van der Waals surface area contributed by atoms with Crippen molar-refractivity contribution >= 4 is 11.8 Å². The molecule has 1 saturated heterocycles. The fraction of sp³-hybridized carbons (Fsp3) is 0.556. The van der Waals surface area contributed by atoms with Crippen LogP contribution in [-0.4, -0.2) is 49.0 Å². The fourth-order valence-corrected chi connectivity index (χ4v) is 2.48. The van der Waals surface area contributed by atoms with Gasteiger partial charge >= 0.3 is 0 Å². The van der Waals surface area contributed by atoms with Gasteiger partial charge in [-0.2, -0.15) is 0 Å². The molecule has 0 aromatic heterocycles. The van der Waals surface area contributed by atoms with Gasteiger partial charge in [-0.15, -0.1) is 0 Å². The number of ether oxygens (including phenoxy) is 2. The molecule has 0 spiro atoms. The molecule has 3 atom stereocenters. The first-order valence-corrected chi connectivity index (χ1v) is 8.58. The van der Waals surface area contributed by atoms with Crippen molar-refractivity contribution in [3.05, 3.63) is 30.3 Å². The van der Waals surface area contributed by atoms with Crippen LogP contribution in [-0.2, 0) is 14.3 Å². The molecule has 25 heavy (non-hydrogen) atoms. The quantitative estimate of drug-likeness (QED) is 0.613. The average Bonchev–Trinajstić information content (AvgIpc) is 3.02. The van der Waals surface area contributed by atoms with Crippen molar-refractivity contribution in [3.8, 4) is 5.75 Å². The third-order valence-electron chi connectivity index (χ3n) is 4.03. The zero-order valence-electron chi connectivity index (χ0n) is 14.4. The minimum Gasteiger partial charge on any atom is -0.484 e. The Morgan fingerprint density at radius 1 is 1.32 bits per heavy atom. The Labute approximate surface area is 147 Å². The van der Waals surface area contributed by atoms with Gasteiger partial charge in [0.1, 0.15) is 5.75 Å². The van der Waals surface area contributed by atoms with Gasteiger partial charge in [-0.1, -0.05) is 25.1 Å². The molecule has 138 valence electrons. The van der Waals surface area contributed by atoms with E-state index in [0.717, 1.165) is 0 Å². The van der Waals surface area contributed by atoms with Crippen LogP contribution in [0.2, 0.25) is 0 Å². The first kappa shape index (κ1) is 19.2. The lowest BCUT2D eigenvalue weighted by molar-refractivity contribution is -0.125. The highest BCUT2D eigenvalue weighted by molar-refractivity contribution is 5.77. The van der Waals surface area contributed by atoms with Crippen LogP contribution in [0.15, 0.2) is 30.3 Å². The number of aliphatic hydroxyl groups excluding tert-OH is 1. The Bertz CT molecular complexity index is 552. The van der Waals surface area contributed by atoms with Crippen molar-refractivity contribution < 1.29 is 24.2 Å². The maximum atomic E-state index is 11.9. The predicted octanol–water partition coefficient (Wildman–Crippen LogP) is 0.821. The van der Waals surface area contributed by atoms with E-state index in [0.29, 0.717) is 38.2 Å². The number of carbonyl (C=O) groups is 2. The number of para-hydroxylation sites is 1. The normalized spacial score (nSPS) is 20.7. The summed E-state index contributed by atoms with van der Waals surface area (Å²) in [4.78, 5) is 23.6. The SMILES string of the molecule is C[C@@H](CCC(=O)N[C@H]1CCOC1O)CNC(=O)COc1ccccc1. The fourth-order valence-electron chi connectivity index (χ4n) is 2.48. The summed E-state index contributed by atoms with van der Waals surface area (Å²) < 4.78 is 10.4. The van der Waals surface area contributed by atoms with Gasteiger partial charge in [0.15, 0.2) is 12.9 Å². The summed E-state index contributed by atoms with van der Waals surface area (Å²) >= 11 is 0. The van der Waals surface area contributed by atoms with E-state index >= 15 is 0 Å². The Kier molecular flexibility index (Phi) is 7.69. The number of hydrogen-bond donors (Lipinski definition) is 3. The van der Waals surface area contributed by atoms with Gasteiger partial charge in [-0.05, 0) is 30.9 Å². The molecule has 1 unspecified atom stereocenters. The van der Waals surface area contributed by atoms with Crippen molar-refractivity contribution in [1.29, 1.82) is 0 Å². The van der Waals surface area contributed by atoms with Crippen LogP contribution < -0.4 is 15.4 Å². The molecule has 1 aliphatic rings. The van der Waals surface area contributed by atoms with Gasteiger partial charge in [-0.3, -0.25) is 9.59 Å². The number of benzene rings is 1. The van der Waals surface area contributed by atoms with Crippen molar-refractivity contribution in [3.63, 3.8) is 0 Å². The largest absolute Gasteiger partial charge is 0.484 e. The summed E-state index contributed by atoms with van der Waals surface area (Å²) in [6.07, 6.45) is 0.709. The van der Waals surface area contributed by atoms with E-state index in [4.69, 9.17) is 9.47 Å². The Balaban J connectivity index is 1.56. The van der Waals surface area contributed by atoms with Gasteiger partial charge in [0.05, 0.1) is 12.6 Å². The van der Waals surface area contributed by atoms with Gasteiger partial charge in [0.2, 0.25) is 5.91 Å². The van der Waals surface area contributed by atoms with E-state index in [-0.39, 0.29) is 30.4 Å². The second kappa shape index (κ2) is 10.0. The Morgan fingerprint density at radius 3 is 2.76 bits per heavy atom. The highest BCUT2D eigenvalue weighted by Gasteiger charge is 2.27. The van der Waals surface area contributed by atoms with Crippen LogP contribution in [0.4, 0.5) is 0 Å². The molecule has 2 rings (SSSR count). The van der Waals surface area contributed by atoms with Crippen molar-refractivity contribution in [2.45, 2.75) is 38.5 Å². The van der Waals surface area contributed by atoms with Gasteiger partial charge in [0, 0.05) is 13.0 Å². The minimum atomic E-state index is -0.912. The number of amides is 2.